The molecule has 8 heteroatoms. The number of alkyl carbamates (subject to hydrolysis) is 1. The molecule has 0 radical (unpaired) electrons. The van der Waals surface area contributed by atoms with E-state index in [-0.39, 0.29) is 30.4 Å². The lowest BCUT2D eigenvalue weighted by atomic mass is 9.98. The smallest absolute Gasteiger partial charge is 0.407 e. The molecular weight excluding hydrogens is 512 g/mol. The van der Waals surface area contributed by atoms with E-state index in [1.165, 1.54) is 12.1 Å². The van der Waals surface area contributed by atoms with Crippen molar-refractivity contribution in [1.29, 1.82) is 0 Å². The molecule has 0 bridgehead atoms. The second-order valence-electron chi connectivity index (χ2n) is 8.99. The van der Waals surface area contributed by atoms with E-state index in [1.54, 1.807) is 6.07 Å². The van der Waals surface area contributed by atoms with Crippen LogP contribution >= 0.6 is 15.9 Å². The van der Waals surface area contributed by atoms with E-state index in [4.69, 9.17) is 4.74 Å². The van der Waals surface area contributed by atoms with Crippen LogP contribution in [-0.4, -0.2) is 35.2 Å². The molecule has 0 aliphatic heterocycles. The Hall–Kier alpha value is -3.65. The zero-order valence-electron chi connectivity index (χ0n) is 18.7. The minimum absolute atomic E-state index is 0.0356. The maximum absolute atomic E-state index is 12.6. The third-order valence-corrected chi connectivity index (χ3v) is 6.95. The zero-order chi connectivity index (χ0) is 24.6. The van der Waals surface area contributed by atoms with Gasteiger partial charge in [-0.25, -0.2) is 9.59 Å². The quantitative estimate of drug-likeness (QED) is 0.368. The first-order chi connectivity index (χ1) is 16.8. The van der Waals surface area contributed by atoms with Crippen molar-refractivity contribution in [2.75, 3.05) is 11.9 Å². The van der Waals surface area contributed by atoms with Gasteiger partial charge in [0.25, 0.3) is 0 Å². The Morgan fingerprint density at radius 1 is 0.971 bits per heavy atom. The number of rotatable bonds is 7. The molecule has 0 unspecified atom stereocenters. The molecule has 0 heterocycles. The molecule has 0 atom stereocenters. The molecule has 2 amide bonds. The fraction of sp³-hybridized carbons (Fsp3) is 0.222. The molecule has 0 aromatic heterocycles. The molecule has 3 aromatic carbocycles. The molecule has 7 nitrogen and oxygen atoms in total. The number of benzene rings is 3. The van der Waals surface area contributed by atoms with E-state index in [0.29, 0.717) is 23.0 Å². The number of anilines is 1. The van der Waals surface area contributed by atoms with Crippen LogP contribution in [0.15, 0.2) is 71.2 Å². The summed E-state index contributed by atoms with van der Waals surface area (Å²) in [5, 5.41) is 14.8. The largest absolute Gasteiger partial charge is 0.478 e. The lowest BCUT2D eigenvalue weighted by Gasteiger charge is -2.19. The topological polar surface area (TPSA) is 105 Å². The van der Waals surface area contributed by atoms with E-state index in [1.807, 2.05) is 24.3 Å². The van der Waals surface area contributed by atoms with Crippen LogP contribution in [0.25, 0.3) is 11.1 Å². The highest BCUT2D eigenvalue weighted by Crippen LogP contribution is 2.44. The number of fused-ring (bicyclic) bond motifs is 3. The minimum atomic E-state index is -1.09. The molecule has 0 spiro atoms. The molecule has 3 aromatic rings. The molecule has 2 aliphatic carbocycles. The number of carbonyl (C=O) groups excluding carboxylic acids is 2. The van der Waals surface area contributed by atoms with Crippen LogP contribution in [0.5, 0.6) is 0 Å². The monoisotopic (exact) mass is 534 g/mol. The first-order valence-electron chi connectivity index (χ1n) is 11.3. The van der Waals surface area contributed by atoms with Crippen LogP contribution in [0, 0.1) is 0 Å². The number of carboxylic acid groups (broad SMARTS) is 1. The van der Waals surface area contributed by atoms with Gasteiger partial charge in [0.2, 0.25) is 5.91 Å². The molecule has 5 rings (SSSR count). The number of nitrogens with one attached hydrogen (secondary N) is 2. The van der Waals surface area contributed by atoms with Gasteiger partial charge in [-0.1, -0.05) is 64.5 Å². The molecule has 35 heavy (non-hydrogen) atoms. The minimum Gasteiger partial charge on any atom is -0.478 e. The Kier molecular flexibility index (Phi) is 6.06. The van der Waals surface area contributed by atoms with Crippen molar-refractivity contribution < 1.29 is 24.2 Å². The molecule has 2 aliphatic rings. The van der Waals surface area contributed by atoms with Crippen LogP contribution < -0.4 is 10.6 Å². The summed E-state index contributed by atoms with van der Waals surface area (Å²) >= 11 is 3.26. The molecule has 0 saturated heterocycles. The molecular formula is C27H23BrN2O5. The van der Waals surface area contributed by atoms with Crippen LogP contribution in [0.1, 0.15) is 46.7 Å². The van der Waals surface area contributed by atoms with Gasteiger partial charge in [-0.2, -0.15) is 0 Å². The molecule has 1 saturated carbocycles. The SMILES string of the molecule is O=C(CC1(NC(=O)OCC2c3ccccc3-c3ccccc32)CC1)Nc1cc(Br)cc(C(=O)O)c1. The second kappa shape index (κ2) is 9.19. The Morgan fingerprint density at radius 3 is 2.20 bits per heavy atom. The number of carboxylic acids is 1. The first-order valence-corrected chi connectivity index (χ1v) is 12.1. The van der Waals surface area contributed by atoms with Gasteiger partial charge in [-0.05, 0) is 53.3 Å². The van der Waals surface area contributed by atoms with Crippen molar-refractivity contribution in [3.63, 3.8) is 0 Å². The highest BCUT2D eigenvalue weighted by Gasteiger charge is 2.46. The maximum atomic E-state index is 12.6. The number of aromatic carboxylic acids is 1. The summed E-state index contributed by atoms with van der Waals surface area (Å²) in [7, 11) is 0. The second-order valence-corrected chi connectivity index (χ2v) is 9.91. The summed E-state index contributed by atoms with van der Waals surface area (Å²) in [5.41, 5.74) is 4.38. The Balaban J connectivity index is 1.19. The normalized spacial score (nSPS) is 15.0. The van der Waals surface area contributed by atoms with Crippen LogP contribution in [-0.2, 0) is 9.53 Å². The lowest BCUT2D eigenvalue weighted by molar-refractivity contribution is -0.116. The standard InChI is InChI=1S/C27H23BrN2O5/c28-17-11-16(25(32)33)12-18(13-17)29-24(31)14-27(9-10-27)30-26(34)35-15-23-21-7-3-1-5-19(21)20-6-2-4-8-22(20)23/h1-8,11-13,23H,9-10,14-15H2,(H,29,31)(H,30,34)(H,32,33). The Bertz CT molecular complexity index is 1290. The third-order valence-electron chi connectivity index (χ3n) is 6.49. The summed E-state index contributed by atoms with van der Waals surface area (Å²) in [6.07, 6.45) is 0.867. The van der Waals surface area contributed by atoms with E-state index in [9.17, 15) is 19.5 Å². The summed E-state index contributed by atoms with van der Waals surface area (Å²) in [4.78, 5) is 36.5. The van der Waals surface area contributed by atoms with Crippen LogP contribution in [0.3, 0.4) is 0 Å². The fourth-order valence-corrected chi connectivity index (χ4v) is 5.14. The number of ether oxygens (including phenoxy) is 1. The van der Waals surface area contributed by atoms with Crippen LogP contribution in [0.2, 0.25) is 0 Å². The average Bonchev–Trinajstić information content (AvgIpc) is 3.49. The summed E-state index contributed by atoms with van der Waals surface area (Å²) in [5.74, 6) is -1.43. The number of carbonyl (C=O) groups is 3. The van der Waals surface area contributed by atoms with Crippen molar-refractivity contribution >= 4 is 39.6 Å². The van der Waals surface area contributed by atoms with Gasteiger partial charge >= 0.3 is 12.1 Å². The van der Waals surface area contributed by atoms with Crippen molar-refractivity contribution in [1.82, 2.24) is 5.32 Å². The summed E-state index contributed by atoms with van der Waals surface area (Å²) in [6.45, 7) is 0.206. The van der Waals surface area contributed by atoms with E-state index >= 15 is 0 Å². The van der Waals surface area contributed by atoms with Crippen LogP contribution in [0.4, 0.5) is 10.5 Å². The van der Waals surface area contributed by atoms with Gasteiger partial charge in [0, 0.05) is 16.1 Å². The summed E-state index contributed by atoms with van der Waals surface area (Å²) in [6, 6.07) is 20.7. The van der Waals surface area contributed by atoms with E-state index in [2.05, 4.69) is 50.8 Å². The number of hydrogen-bond acceptors (Lipinski definition) is 4. The number of amides is 2. The van der Waals surface area contributed by atoms with Gasteiger partial charge in [0.1, 0.15) is 6.61 Å². The number of hydrogen-bond donors (Lipinski definition) is 3. The molecule has 3 N–H and O–H groups in total. The van der Waals surface area contributed by atoms with E-state index < -0.39 is 17.6 Å². The third kappa shape index (κ3) is 4.93. The Morgan fingerprint density at radius 2 is 1.60 bits per heavy atom. The highest BCUT2D eigenvalue weighted by atomic mass is 79.9. The lowest BCUT2D eigenvalue weighted by Crippen LogP contribution is -2.40. The van der Waals surface area contributed by atoms with Crippen molar-refractivity contribution in [3.8, 4) is 11.1 Å². The molecule has 178 valence electrons. The highest BCUT2D eigenvalue weighted by molar-refractivity contribution is 9.10. The average molecular weight is 535 g/mol. The summed E-state index contributed by atoms with van der Waals surface area (Å²) < 4.78 is 6.17. The van der Waals surface area contributed by atoms with Crippen molar-refractivity contribution in [3.05, 3.63) is 87.9 Å². The predicted octanol–water partition coefficient (Wildman–Crippen LogP) is 5.55. The van der Waals surface area contributed by atoms with Gasteiger partial charge in [-0.15, -0.1) is 0 Å². The Labute approximate surface area is 210 Å². The first kappa shape index (κ1) is 23.1. The molecule has 1 fully saturated rings. The fourth-order valence-electron chi connectivity index (χ4n) is 4.65. The van der Waals surface area contributed by atoms with Gasteiger partial charge in [-0.3, -0.25) is 4.79 Å². The number of halogens is 1. The van der Waals surface area contributed by atoms with Gasteiger partial charge < -0.3 is 20.5 Å². The predicted molar refractivity (Wildman–Crippen MR) is 135 cm³/mol. The van der Waals surface area contributed by atoms with E-state index in [0.717, 1.165) is 22.3 Å². The van der Waals surface area contributed by atoms with Gasteiger partial charge in [0.15, 0.2) is 0 Å². The zero-order valence-corrected chi connectivity index (χ0v) is 20.3. The maximum Gasteiger partial charge on any atom is 0.407 e. The van der Waals surface area contributed by atoms with Crippen molar-refractivity contribution in [2.24, 2.45) is 0 Å². The van der Waals surface area contributed by atoms with Gasteiger partial charge in [0.05, 0.1) is 17.5 Å². The van der Waals surface area contributed by atoms with Crippen molar-refractivity contribution in [2.45, 2.75) is 30.7 Å².